The average Bonchev–Trinajstić information content (AvgIpc) is 2.86. The van der Waals surface area contributed by atoms with Crippen LogP contribution in [0.15, 0.2) is 72.8 Å². The molecule has 0 bridgehead atoms. The molecule has 0 heterocycles. The smallest absolute Gasteiger partial charge is 0.243 e. The molecule has 36 heavy (non-hydrogen) atoms. The molecule has 0 aliphatic rings. The molecule has 0 aliphatic heterocycles. The lowest BCUT2D eigenvalue weighted by Crippen LogP contribution is -2.51. The van der Waals surface area contributed by atoms with Crippen molar-refractivity contribution in [2.75, 3.05) is 13.7 Å². The Balaban J connectivity index is 1.97. The van der Waals surface area contributed by atoms with Crippen LogP contribution in [0.5, 0.6) is 5.75 Å². The number of benzene rings is 3. The number of nitrogens with one attached hydrogen (secondary N) is 1. The highest BCUT2D eigenvalue weighted by Crippen LogP contribution is 2.25. The Hall–Kier alpha value is -3.02. The van der Waals surface area contributed by atoms with Gasteiger partial charge in [0.05, 0.1) is 13.5 Å². The van der Waals surface area contributed by atoms with E-state index in [9.17, 15) is 9.59 Å². The molecule has 3 rings (SSSR count). The van der Waals surface area contributed by atoms with Crippen molar-refractivity contribution in [3.05, 3.63) is 99.5 Å². The van der Waals surface area contributed by atoms with Gasteiger partial charge in [-0.2, -0.15) is 0 Å². The maximum Gasteiger partial charge on any atom is 0.243 e. The van der Waals surface area contributed by atoms with E-state index in [0.29, 0.717) is 28.8 Å². The van der Waals surface area contributed by atoms with Crippen LogP contribution in [0.1, 0.15) is 30.5 Å². The largest absolute Gasteiger partial charge is 0.497 e. The minimum atomic E-state index is -0.719. The second kappa shape index (κ2) is 13.3. The third-order valence-corrected chi connectivity index (χ3v) is 6.41. The van der Waals surface area contributed by atoms with Crippen molar-refractivity contribution in [1.29, 1.82) is 0 Å². The SMILES string of the molecule is COc1ccc(CC(=O)N(Cc2ccc(Cl)cc2Cl)[C@H](Cc2ccccc2)C(=O)NCC(C)C)cc1. The first-order chi connectivity index (χ1) is 17.3. The summed E-state index contributed by atoms with van der Waals surface area (Å²) < 4.78 is 5.23. The van der Waals surface area contributed by atoms with Gasteiger partial charge in [-0.15, -0.1) is 0 Å². The minimum Gasteiger partial charge on any atom is -0.497 e. The molecule has 0 unspecified atom stereocenters. The van der Waals surface area contributed by atoms with Gasteiger partial charge in [-0.3, -0.25) is 9.59 Å². The lowest BCUT2D eigenvalue weighted by molar-refractivity contribution is -0.140. The Morgan fingerprint density at radius 3 is 2.25 bits per heavy atom. The van der Waals surface area contributed by atoms with Gasteiger partial charge in [0, 0.05) is 29.6 Å². The van der Waals surface area contributed by atoms with Crippen molar-refractivity contribution < 1.29 is 14.3 Å². The van der Waals surface area contributed by atoms with Crippen molar-refractivity contribution in [2.45, 2.75) is 39.3 Å². The molecule has 3 aromatic rings. The Bertz CT molecular complexity index is 1150. The van der Waals surface area contributed by atoms with Gasteiger partial charge < -0.3 is 15.0 Å². The van der Waals surface area contributed by atoms with Crippen LogP contribution >= 0.6 is 23.2 Å². The summed E-state index contributed by atoms with van der Waals surface area (Å²) in [5, 5.41) is 3.98. The highest BCUT2D eigenvalue weighted by Gasteiger charge is 2.31. The second-order valence-corrected chi connectivity index (χ2v) is 9.97. The zero-order valence-corrected chi connectivity index (χ0v) is 22.4. The maximum absolute atomic E-state index is 13.8. The monoisotopic (exact) mass is 526 g/mol. The summed E-state index contributed by atoms with van der Waals surface area (Å²) in [6.45, 7) is 4.77. The van der Waals surface area contributed by atoms with Gasteiger partial charge in [0.1, 0.15) is 11.8 Å². The zero-order chi connectivity index (χ0) is 26.1. The van der Waals surface area contributed by atoms with Crippen LogP contribution in [-0.4, -0.2) is 36.4 Å². The fraction of sp³-hybridized carbons (Fsp3) is 0.310. The topological polar surface area (TPSA) is 58.6 Å². The fourth-order valence-electron chi connectivity index (χ4n) is 3.83. The molecule has 0 spiro atoms. The first-order valence-electron chi connectivity index (χ1n) is 11.9. The number of ether oxygens (including phenoxy) is 1. The highest BCUT2D eigenvalue weighted by atomic mass is 35.5. The number of rotatable bonds is 11. The van der Waals surface area contributed by atoms with Gasteiger partial charge in [-0.05, 0) is 46.9 Å². The summed E-state index contributed by atoms with van der Waals surface area (Å²) in [7, 11) is 1.60. The molecular weight excluding hydrogens is 495 g/mol. The number of hydrogen-bond acceptors (Lipinski definition) is 3. The molecule has 1 atom stereocenters. The van der Waals surface area contributed by atoms with Crippen LogP contribution in [0, 0.1) is 5.92 Å². The Morgan fingerprint density at radius 1 is 0.944 bits per heavy atom. The first-order valence-corrected chi connectivity index (χ1v) is 12.7. The van der Waals surface area contributed by atoms with Gasteiger partial charge >= 0.3 is 0 Å². The maximum atomic E-state index is 13.8. The van der Waals surface area contributed by atoms with Gasteiger partial charge in [0.15, 0.2) is 0 Å². The summed E-state index contributed by atoms with van der Waals surface area (Å²) >= 11 is 12.6. The summed E-state index contributed by atoms with van der Waals surface area (Å²) in [6.07, 6.45) is 0.516. The third-order valence-electron chi connectivity index (χ3n) is 5.83. The van der Waals surface area contributed by atoms with Crippen molar-refractivity contribution in [2.24, 2.45) is 5.92 Å². The van der Waals surface area contributed by atoms with Crippen LogP contribution in [-0.2, 0) is 29.0 Å². The average molecular weight is 527 g/mol. The number of methoxy groups -OCH3 is 1. The van der Waals surface area contributed by atoms with E-state index in [-0.39, 0.29) is 30.7 Å². The molecule has 0 saturated carbocycles. The summed E-state index contributed by atoms with van der Waals surface area (Å²) in [5.74, 6) is 0.624. The van der Waals surface area contributed by atoms with Gasteiger partial charge in [0.2, 0.25) is 11.8 Å². The van der Waals surface area contributed by atoms with E-state index < -0.39 is 6.04 Å². The molecule has 5 nitrogen and oxygen atoms in total. The predicted octanol–water partition coefficient (Wildman–Crippen LogP) is 5.96. The van der Waals surface area contributed by atoms with E-state index in [0.717, 1.165) is 16.7 Å². The van der Waals surface area contributed by atoms with E-state index in [1.54, 1.807) is 30.2 Å². The van der Waals surface area contributed by atoms with Gasteiger partial charge in [-0.1, -0.05) is 85.6 Å². The van der Waals surface area contributed by atoms with Crippen molar-refractivity contribution in [3.63, 3.8) is 0 Å². The molecule has 2 amide bonds. The molecule has 0 radical (unpaired) electrons. The van der Waals surface area contributed by atoms with Crippen molar-refractivity contribution >= 4 is 35.0 Å². The normalized spacial score (nSPS) is 11.7. The molecule has 0 aliphatic carbocycles. The van der Waals surface area contributed by atoms with Crippen LogP contribution in [0.3, 0.4) is 0 Å². The summed E-state index contributed by atoms with van der Waals surface area (Å²) in [5.41, 5.74) is 2.51. The Morgan fingerprint density at radius 2 is 1.64 bits per heavy atom. The number of carbonyl (C=O) groups excluding carboxylic acids is 2. The number of hydrogen-bond donors (Lipinski definition) is 1. The summed E-state index contributed by atoms with van der Waals surface area (Å²) in [6, 6.07) is 21.5. The lowest BCUT2D eigenvalue weighted by atomic mass is 10.0. The Labute approximate surface area is 223 Å². The molecule has 0 fully saturated rings. The number of halogens is 2. The fourth-order valence-corrected chi connectivity index (χ4v) is 4.30. The summed E-state index contributed by atoms with van der Waals surface area (Å²) in [4.78, 5) is 28.9. The third kappa shape index (κ3) is 8.00. The molecule has 0 saturated heterocycles. The standard InChI is InChI=1S/C29H32Cl2N2O3/c1-20(2)18-32-29(35)27(15-21-7-5-4-6-8-21)33(19-23-11-12-24(30)17-26(23)31)28(34)16-22-9-13-25(36-3)14-10-22/h4-14,17,20,27H,15-16,18-19H2,1-3H3,(H,32,35)/t27-/m1/s1. The molecule has 190 valence electrons. The van der Waals surface area contributed by atoms with E-state index in [1.165, 1.54) is 0 Å². The van der Waals surface area contributed by atoms with E-state index in [4.69, 9.17) is 27.9 Å². The number of nitrogens with zero attached hydrogens (tertiary/aromatic N) is 1. The van der Waals surface area contributed by atoms with Crippen LogP contribution in [0.2, 0.25) is 10.0 Å². The van der Waals surface area contributed by atoms with Gasteiger partial charge in [-0.25, -0.2) is 0 Å². The van der Waals surface area contributed by atoms with Gasteiger partial charge in [0.25, 0.3) is 0 Å². The zero-order valence-electron chi connectivity index (χ0n) is 20.8. The Kier molecular flexibility index (Phi) is 10.2. The molecule has 3 aromatic carbocycles. The molecule has 7 heteroatoms. The van der Waals surface area contributed by atoms with Crippen LogP contribution in [0.4, 0.5) is 0 Å². The second-order valence-electron chi connectivity index (χ2n) is 9.13. The van der Waals surface area contributed by atoms with Crippen LogP contribution < -0.4 is 10.1 Å². The van der Waals surface area contributed by atoms with E-state index in [1.807, 2.05) is 68.4 Å². The highest BCUT2D eigenvalue weighted by molar-refractivity contribution is 6.35. The quantitative estimate of drug-likeness (QED) is 0.335. The van der Waals surface area contributed by atoms with Crippen molar-refractivity contribution in [1.82, 2.24) is 10.2 Å². The molecule has 0 aromatic heterocycles. The molecule has 1 N–H and O–H groups in total. The minimum absolute atomic E-state index is 0.137. The lowest BCUT2D eigenvalue weighted by Gasteiger charge is -2.32. The predicted molar refractivity (Wildman–Crippen MR) is 145 cm³/mol. The number of carbonyl (C=O) groups is 2. The van der Waals surface area contributed by atoms with Crippen LogP contribution in [0.25, 0.3) is 0 Å². The molecular formula is C29H32Cl2N2O3. The number of amides is 2. The first kappa shape index (κ1) is 27.6. The van der Waals surface area contributed by atoms with E-state index >= 15 is 0 Å². The van der Waals surface area contributed by atoms with Crippen molar-refractivity contribution in [3.8, 4) is 5.75 Å². The van der Waals surface area contributed by atoms with E-state index in [2.05, 4.69) is 5.32 Å².